The number of rotatable bonds is 4. The summed E-state index contributed by atoms with van der Waals surface area (Å²) in [6, 6.07) is 7.65. The van der Waals surface area contributed by atoms with Gasteiger partial charge in [0.05, 0.1) is 12.4 Å². The predicted molar refractivity (Wildman–Crippen MR) is 108 cm³/mol. The van der Waals surface area contributed by atoms with Gasteiger partial charge in [-0.2, -0.15) is 5.10 Å². The Balaban J connectivity index is 1.27. The van der Waals surface area contributed by atoms with Gasteiger partial charge in [-0.15, -0.1) is 0 Å². The Morgan fingerprint density at radius 3 is 2.67 bits per heavy atom. The smallest absolute Gasteiger partial charge is 0.258 e. The number of aryl methyl sites for hydroxylation is 1. The third-order valence-electron chi connectivity index (χ3n) is 6.04. The number of anilines is 1. The minimum Gasteiger partial charge on any atom is -0.355 e. The van der Waals surface area contributed by atoms with Crippen molar-refractivity contribution in [1.29, 1.82) is 0 Å². The van der Waals surface area contributed by atoms with Gasteiger partial charge in [0.25, 0.3) is 12.3 Å². The summed E-state index contributed by atoms with van der Waals surface area (Å²) in [7, 11) is 0. The summed E-state index contributed by atoms with van der Waals surface area (Å²) in [5.41, 5.74) is 2.78. The van der Waals surface area contributed by atoms with E-state index >= 15 is 0 Å². The number of fused-ring (bicyclic) bond motifs is 1. The second-order valence-electron chi connectivity index (χ2n) is 8.35. The number of benzene rings is 1. The largest absolute Gasteiger partial charge is 0.355 e. The first-order valence-corrected chi connectivity index (χ1v) is 10.0. The topological polar surface area (TPSA) is 67.2 Å². The lowest BCUT2D eigenvalue weighted by Gasteiger charge is -2.48. The molecule has 2 aliphatic rings. The van der Waals surface area contributed by atoms with Gasteiger partial charge in [-0.3, -0.25) is 4.79 Å². The molecule has 2 aliphatic heterocycles. The summed E-state index contributed by atoms with van der Waals surface area (Å²) >= 11 is 0. The third kappa shape index (κ3) is 3.28. The molecule has 0 saturated carbocycles. The number of hydrogen-bond donors (Lipinski definition) is 0. The van der Waals surface area contributed by atoms with Gasteiger partial charge < -0.3 is 9.80 Å². The van der Waals surface area contributed by atoms with E-state index in [0.29, 0.717) is 22.5 Å². The number of hydrogen-bond acceptors (Lipinski definition) is 5. The predicted octanol–water partition coefficient (Wildman–Crippen LogP) is 2.75. The van der Waals surface area contributed by atoms with Gasteiger partial charge in [-0.25, -0.2) is 23.4 Å². The molecule has 1 amide bonds. The Kier molecular flexibility index (Phi) is 4.41. The van der Waals surface area contributed by atoms with E-state index in [1.54, 1.807) is 6.20 Å². The first kappa shape index (κ1) is 18.9. The van der Waals surface area contributed by atoms with Crippen molar-refractivity contribution in [2.24, 2.45) is 5.41 Å². The first-order valence-electron chi connectivity index (χ1n) is 10.0. The lowest BCUT2D eigenvalue weighted by Crippen LogP contribution is -2.59. The maximum Gasteiger partial charge on any atom is 0.258 e. The van der Waals surface area contributed by atoms with Crippen molar-refractivity contribution in [2.75, 3.05) is 31.1 Å². The van der Waals surface area contributed by atoms with Gasteiger partial charge in [0.15, 0.2) is 5.65 Å². The summed E-state index contributed by atoms with van der Waals surface area (Å²) in [6.07, 6.45) is 1.59. The standard InChI is InChI=1S/C21H22F2N6O/c1-14-2-4-15(5-3-14)20(30)28-12-21(13-28)6-7-27(11-21)18-9-24-16-8-25-29(10-17(22)23)19(16)26-18/h2-5,8-9,17H,6-7,10-13H2,1H3. The first-order chi connectivity index (χ1) is 14.4. The van der Waals surface area contributed by atoms with Crippen LogP contribution >= 0.6 is 0 Å². The lowest BCUT2D eigenvalue weighted by molar-refractivity contribution is 0.0167. The molecule has 0 bridgehead atoms. The van der Waals surface area contributed by atoms with Crippen LogP contribution in [-0.4, -0.2) is 63.2 Å². The van der Waals surface area contributed by atoms with E-state index in [1.807, 2.05) is 36.1 Å². The van der Waals surface area contributed by atoms with Crippen LogP contribution in [0.2, 0.25) is 0 Å². The van der Waals surface area contributed by atoms with Gasteiger partial charge in [0, 0.05) is 37.2 Å². The molecule has 156 valence electrons. The van der Waals surface area contributed by atoms with Crippen LogP contribution in [0, 0.1) is 12.3 Å². The van der Waals surface area contributed by atoms with E-state index in [-0.39, 0.29) is 11.3 Å². The number of aromatic nitrogens is 4. The summed E-state index contributed by atoms with van der Waals surface area (Å²) < 4.78 is 26.8. The molecular weight excluding hydrogens is 390 g/mol. The van der Waals surface area contributed by atoms with Crippen molar-refractivity contribution >= 4 is 22.9 Å². The number of carbonyl (C=O) groups is 1. The fourth-order valence-corrected chi connectivity index (χ4v) is 4.43. The summed E-state index contributed by atoms with van der Waals surface area (Å²) in [5.74, 6) is 0.731. The molecule has 0 unspecified atom stereocenters. The molecule has 3 aromatic rings. The highest BCUT2D eigenvalue weighted by molar-refractivity contribution is 5.95. The minimum absolute atomic E-state index is 0.0558. The van der Waals surface area contributed by atoms with Crippen LogP contribution in [0.15, 0.2) is 36.7 Å². The van der Waals surface area contributed by atoms with E-state index in [1.165, 1.54) is 10.9 Å². The molecular formula is C21H22F2N6O. The van der Waals surface area contributed by atoms with Gasteiger partial charge in [-0.1, -0.05) is 17.7 Å². The number of amides is 1. The van der Waals surface area contributed by atoms with Crippen molar-refractivity contribution in [2.45, 2.75) is 26.3 Å². The Labute approximate surface area is 172 Å². The average Bonchev–Trinajstić information content (AvgIpc) is 3.31. The summed E-state index contributed by atoms with van der Waals surface area (Å²) in [4.78, 5) is 25.6. The van der Waals surface area contributed by atoms with Crippen LogP contribution in [0.3, 0.4) is 0 Å². The molecule has 0 radical (unpaired) electrons. The molecule has 2 aromatic heterocycles. The molecule has 2 fully saturated rings. The van der Waals surface area contributed by atoms with E-state index in [9.17, 15) is 13.6 Å². The highest BCUT2D eigenvalue weighted by Gasteiger charge is 2.49. The number of likely N-dealkylation sites (tertiary alicyclic amines) is 1. The molecule has 2 saturated heterocycles. The van der Waals surface area contributed by atoms with E-state index < -0.39 is 13.0 Å². The Bertz CT molecular complexity index is 1090. The SMILES string of the molecule is Cc1ccc(C(=O)N2CC3(CCN(c4cnc5cnn(CC(F)F)c5n4)C3)C2)cc1. The van der Waals surface area contributed by atoms with Crippen LogP contribution in [0.5, 0.6) is 0 Å². The molecule has 7 nitrogen and oxygen atoms in total. The van der Waals surface area contributed by atoms with Crippen LogP contribution in [0.25, 0.3) is 11.2 Å². The molecule has 5 rings (SSSR count). The number of alkyl halides is 2. The maximum atomic E-state index is 12.8. The molecule has 9 heteroatoms. The van der Waals surface area contributed by atoms with Gasteiger partial charge in [0.1, 0.15) is 17.9 Å². The molecule has 1 aromatic carbocycles. The summed E-state index contributed by atoms with van der Waals surface area (Å²) in [5, 5.41) is 3.97. The van der Waals surface area contributed by atoms with Crippen LogP contribution in [-0.2, 0) is 6.54 Å². The monoisotopic (exact) mass is 412 g/mol. The Hall–Kier alpha value is -3.10. The van der Waals surface area contributed by atoms with E-state index in [0.717, 1.165) is 38.2 Å². The van der Waals surface area contributed by atoms with Crippen molar-refractivity contribution in [3.05, 3.63) is 47.8 Å². The van der Waals surface area contributed by atoms with Gasteiger partial charge in [-0.05, 0) is 25.5 Å². The fourth-order valence-electron chi connectivity index (χ4n) is 4.43. The highest BCUT2D eigenvalue weighted by atomic mass is 19.3. The Morgan fingerprint density at radius 1 is 1.17 bits per heavy atom. The molecule has 30 heavy (non-hydrogen) atoms. The second-order valence-corrected chi connectivity index (χ2v) is 8.35. The van der Waals surface area contributed by atoms with Crippen LogP contribution < -0.4 is 4.90 Å². The number of nitrogens with zero attached hydrogens (tertiary/aromatic N) is 6. The number of carbonyl (C=O) groups excluding carboxylic acids is 1. The fraction of sp³-hybridized carbons (Fsp3) is 0.429. The van der Waals surface area contributed by atoms with Crippen molar-refractivity contribution in [3.63, 3.8) is 0 Å². The molecule has 0 atom stereocenters. The second kappa shape index (κ2) is 7.00. The van der Waals surface area contributed by atoms with Crippen molar-refractivity contribution in [3.8, 4) is 0 Å². The summed E-state index contributed by atoms with van der Waals surface area (Å²) in [6.45, 7) is 4.51. The van der Waals surface area contributed by atoms with E-state index in [2.05, 4.69) is 20.0 Å². The minimum atomic E-state index is -2.50. The normalized spacial score (nSPS) is 17.9. The third-order valence-corrected chi connectivity index (χ3v) is 6.04. The number of halogens is 2. The van der Waals surface area contributed by atoms with Gasteiger partial charge in [0.2, 0.25) is 0 Å². The van der Waals surface area contributed by atoms with Crippen LogP contribution in [0.1, 0.15) is 22.3 Å². The van der Waals surface area contributed by atoms with E-state index in [4.69, 9.17) is 0 Å². The van der Waals surface area contributed by atoms with Crippen molar-refractivity contribution < 1.29 is 13.6 Å². The zero-order chi connectivity index (χ0) is 20.9. The highest BCUT2D eigenvalue weighted by Crippen LogP contribution is 2.41. The molecule has 0 aliphatic carbocycles. The zero-order valence-electron chi connectivity index (χ0n) is 16.6. The van der Waals surface area contributed by atoms with Crippen LogP contribution in [0.4, 0.5) is 14.6 Å². The molecule has 1 spiro atoms. The van der Waals surface area contributed by atoms with Crippen molar-refractivity contribution in [1.82, 2.24) is 24.6 Å². The Morgan fingerprint density at radius 2 is 1.93 bits per heavy atom. The molecule has 0 N–H and O–H groups in total. The average molecular weight is 412 g/mol. The zero-order valence-corrected chi connectivity index (χ0v) is 16.6. The lowest BCUT2D eigenvalue weighted by atomic mass is 9.78. The molecule has 4 heterocycles. The van der Waals surface area contributed by atoms with Gasteiger partial charge >= 0.3 is 0 Å². The quantitative estimate of drug-likeness (QED) is 0.659. The maximum absolute atomic E-state index is 12.8.